The quantitative estimate of drug-likeness (QED) is 0.388. The van der Waals surface area contributed by atoms with E-state index in [1.807, 2.05) is 0 Å². The zero-order valence-corrected chi connectivity index (χ0v) is 20.3. The third kappa shape index (κ3) is 3.86. The van der Waals surface area contributed by atoms with E-state index in [-0.39, 0.29) is 6.04 Å². The molecule has 0 saturated carbocycles. The first-order valence-electron chi connectivity index (χ1n) is 11.8. The lowest BCUT2D eigenvalue weighted by molar-refractivity contribution is 0.671. The molecule has 3 N–H and O–H groups in total. The fourth-order valence-corrected chi connectivity index (χ4v) is 6.15. The van der Waals surface area contributed by atoms with Gasteiger partial charge in [0.25, 0.3) is 0 Å². The molecule has 4 heterocycles. The molecule has 1 saturated heterocycles. The van der Waals surface area contributed by atoms with Gasteiger partial charge in [-0.05, 0) is 74.0 Å². The van der Waals surface area contributed by atoms with Crippen LogP contribution in [0, 0.1) is 0 Å². The van der Waals surface area contributed by atoms with Crippen LogP contribution in [0.4, 0.5) is 5.82 Å². The molecule has 4 aromatic rings. The van der Waals surface area contributed by atoms with Crippen molar-refractivity contribution in [1.29, 1.82) is 0 Å². The Labute approximate surface area is 202 Å². The van der Waals surface area contributed by atoms with E-state index >= 15 is 0 Å². The van der Waals surface area contributed by atoms with Crippen LogP contribution >= 0.6 is 23.4 Å². The number of pyridine rings is 1. The Hall–Kier alpha value is -2.35. The van der Waals surface area contributed by atoms with Gasteiger partial charge in [-0.1, -0.05) is 24.6 Å². The van der Waals surface area contributed by atoms with Gasteiger partial charge in [0.15, 0.2) is 5.16 Å². The number of H-pyrrole nitrogens is 1. The normalized spacial score (nSPS) is 18.4. The summed E-state index contributed by atoms with van der Waals surface area (Å²) in [4.78, 5) is 21.5. The Balaban J connectivity index is 1.40. The molecule has 6 rings (SSSR count). The summed E-state index contributed by atoms with van der Waals surface area (Å²) in [7, 11) is 0. The molecule has 1 aliphatic carbocycles. The predicted octanol–water partition coefficient (Wildman–Crippen LogP) is 5.29. The number of anilines is 1. The summed E-state index contributed by atoms with van der Waals surface area (Å²) in [6.45, 7) is 3.75. The topological polar surface area (TPSA) is 83.7 Å². The van der Waals surface area contributed by atoms with Crippen LogP contribution in [0.15, 0.2) is 34.3 Å². The fraction of sp³-hybridized carbons (Fsp3) is 0.400. The molecule has 3 aromatic heterocycles. The summed E-state index contributed by atoms with van der Waals surface area (Å²) < 4.78 is 0. The van der Waals surface area contributed by atoms with Gasteiger partial charge >= 0.3 is 0 Å². The van der Waals surface area contributed by atoms with Crippen LogP contribution in [0.3, 0.4) is 0 Å². The summed E-state index contributed by atoms with van der Waals surface area (Å²) >= 11 is 8.30. The van der Waals surface area contributed by atoms with Crippen LogP contribution < -0.4 is 10.6 Å². The lowest BCUT2D eigenvalue weighted by Crippen LogP contribution is -2.27. The fourth-order valence-electron chi connectivity index (χ4n) is 5.01. The standard InChI is InChI=1S/C25H27ClN6S/c1-2-18-22(26)21-23(29-18)30-25(31-24(21)32-10-9-16(27)13-32)33-17-8-7-15-11-14-5-3-4-6-19(14)28-20(15)12-17/h7-8,11-12,16H,2-6,9-10,13,27H2,1H3,(H,29,30,31)/t16-/m0/s1. The first-order chi connectivity index (χ1) is 16.1. The summed E-state index contributed by atoms with van der Waals surface area (Å²) in [6.07, 6.45) is 6.49. The number of aryl methyl sites for hydroxylation is 3. The Kier molecular flexibility index (Phi) is 5.43. The highest BCUT2D eigenvalue weighted by molar-refractivity contribution is 7.99. The molecule has 8 heteroatoms. The van der Waals surface area contributed by atoms with E-state index in [0.717, 1.165) is 76.8 Å². The van der Waals surface area contributed by atoms with Crippen LogP contribution in [0.5, 0.6) is 0 Å². The van der Waals surface area contributed by atoms with Gasteiger partial charge in [0.05, 0.1) is 15.9 Å². The van der Waals surface area contributed by atoms with Gasteiger partial charge in [-0.25, -0.2) is 9.97 Å². The molecule has 0 unspecified atom stereocenters. The average Bonchev–Trinajstić information content (AvgIpc) is 3.40. The largest absolute Gasteiger partial charge is 0.354 e. The zero-order valence-electron chi connectivity index (χ0n) is 18.7. The van der Waals surface area contributed by atoms with Crippen LogP contribution in [0.1, 0.15) is 43.1 Å². The van der Waals surface area contributed by atoms with Gasteiger partial charge in [0, 0.05) is 40.8 Å². The van der Waals surface area contributed by atoms with Gasteiger partial charge in [-0.15, -0.1) is 0 Å². The monoisotopic (exact) mass is 478 g/mol. The molecular formula is C25H27ClN6S. The number of nitrogens with two attached hydrogens (primary N) is 1. The first kappa shape index (κ1) is 21.2. The number of hydrogen-bond acceptors (Lipinski definition) is 6. The van der Waals surface area contributed by atoms with E-state index < -0.39 is 0 Å². The number of benzene rings is 1. The molecule has 1 fully saturated rings. The van der Waals surface area contributed by atoms with Crippen molar-refractivity contribution in [1.82, 2.24) is 19.9 Å². The van der Waals surface area contributed by atoms with Gasteiger partial charge in [0.2, 0.25) is 0 Å². The van der Waals surface area contributed by atoms with E-state index in [4.69, 9.17) is 32.3 Å². The first-order valence-corrected chi connectivity index (χ1v) is 13.0. The second-order valence-corrected chi connectivity index (χ2v) is 10.5. The maximum atomic E-state index is 6.73. The summed E-state index contributed by atoms with van der Waals surface area (Å²) in [5.74, 6) is 0.879. The number of nitrogens with one attached hydrogen (secondary N) is 1. The Bertz CT molecular complexity index is 1370. The van der Waals surface area contributed by atoms with Crippen molar-refractivity contribution >= 4 is 51.1 Å². The molecule has 2 aliphatic rings. The van der Waals surface area contributed by atoms with E-state index in [1.54, 1.807) is 11.8 Å². The van der Waals surface area contributed by atoms with Crippen molar-refractivity contribution in [3.63, 3.8) is 0 Å². The van der Waals surface area contributed by atoms with Crippen molar-refractivity contribution in [2.75, 3.05) is 18.0 Å². The van der Waals surface area contributed by atoms with Gasteiger partial charge in [-0.3, -0.25) is 4.98 Å². The number of aromatic amines is 1. The molecule has 6 nitrogen and oxygen atoms in total. The Morgan fingerprint density at radius 3 is 2.88 bits per heavy atom. The average molecular weight is 479 g/mol. The molecular weight excluding hydrogens is 452 g/mol. The highest BCUT2D eigenvalue weighted by atomic mass is 35.5. The van der Waals surface area contributed by atoms with E-state index in [2.05, 4.69) is 41.1 Å². The third-order valence-electron chi connectivity index (χ3n) is 6.78. The number of rotatable bonds is 4. The second-order valence-electron chi connectivity index (χ2n) is 9.08. The van der Waals surface area contributed by atoms with Crippen LogP contribution in [-0.4, -0.2) is 39.1 Å². The summed E-state index contributed by atoms with van der Waals surface area (Å²) in [5, 5.41) is 3.53. The molecule has 1 atom stereocenters. The molecule has 170 valence electrons. The number of aromatic nitrogens is 4. The minimum absolute atomic E-state index is 0.159. The minimum atomic E-state index is 0.159. The zero-order chi connectivity index (χ0) is 22.5. The molecule has 0 spiro atoms. The van der Waals surface area contributed by atoms with Crippen molar-refractivity contribution in [2.45, 2.75) is 61.5 Å². The molecule has 1 aromatic carbocycles. The summed E-state index contributed by atoms with van der Waals surface area (Å²) in [5.41, 5.74) is 11.7. The van der Waals surface area contributed by atoms with Gasteiger partial charge in [-0.2, -0.15) is 0 Å². The van der Waals surface area contributed by atoms with Crippen molar-refractivity contribution in [3.05, 3.63) is 46.2 Å². The SMILES string of the molecule is CCc1[nH]c2nc(Sc3ccc4cc5c(nc4c3)CCCC5)nc(N3CC[C@H](N)C3)c2c1Cl. The van der Waals surface area contributed by atoms with E-state index in [1.165, 1.54) is 29.5 Å². The highest BCUT2D eigenvalue weighted by Gasteiger charge is 2.26. The number of hydrogen-bond donors (Lipinski definition) is 2. The smallest absolute Gasteiger partial charge is 0.196 e. The Morgan fingerprint density at radius 1 is 1.18 bits per heavy atom. The molecule has 0 radical (unpaired) electrons. The van der Waals surface area contributed by atoms with Gasteiger partial charge < -0.3 is 15.6 Å². The second kappa shape index (κ2) is 8.46. The lowest BCUT2D eigenvalue weighted by atomic mass is 9.95. The van der Waals surface area contributed by atoms with Gasteiger partial charge in [0.1, 0.15) is 11.5 Å². The third-order valence-corrected chi connectivity index (χ3v) is 8.05. The number of nitrogens with zero attached hydrogens (tertiary/aromatic N) is 4. The maximum Gasteiger partial charge on any atom is 0.196 e. The van der Waals surface area contributed by atoms with E-state index in [0.29, 0.717) is 5.16 Å². The minimum Gasteiger partial charge on any atom is -0.354 e. The Morgan fingerprint density at radius 2 is 2.06 bits per heavy atom. The molecule has 33 heavy (non-hydrogen) atoms. The van der Waals surface area contributed by atoms with Crippen molar-refractivity contribution in [2.24, 2.45) is 5.73 Å². The molecule has 1 aliphatic heterocycles. The predicted molar refractivity (Wildman–Crippen MR) is 136 cm³/mol. The van der Waals surface area contributed by atoms with Crippen LogP contribution in [-0.2, 0) is 19.3 Å². The number of fused-ring (bicyclic) bond motifs is 3. The summed E-state index contributed by atoms with van der Waals surface area (Å²) in [6, 6.07) is 8.94. The highest BCUT2D eigenvalue weighted by Crippen LogP contribution is 2.38. The molecule has 0 bridgehead atoms. The van der Waals surface area contributed by atoms with Crippen LogP contribution in [0.2, 0.25) is 5.02 Å². The van der Waals surface area contributed by atoms with Crippen molar-refractivity contribution in [3.8, 4) is 0 Å². The van der Waals surface area contributed by atoms with Crippen molar-refractivity contribution < 1.29 is 0 Å². The van der Waals surface area contributed by atoms with Crippen LogP contribution in [0.25, 0.3) is 21.9 Å². The molecule has 0 amide bonds. The maximum absolute atomic E-state index is 6.73. The van der Waals surface area contributed by atoms with E-state index in [9.17, 15) is 0 Å². The number of halogens is 1. The lowest BCUT2D eigenvalue weighted by Gasteiger charge is -2.18.